The smallest absolute Gasteiger partial charge is 0.0134 e. The van der Waals surface area contributed by atoms with Gasteiger partial charge >= 0.3 is 0 Å². The van der Waals surface area contributed by atoms with Crippen molar-refractivity contribution in [3.8, 4) is 0 Å². The molecule has 5 unspecified atom stereocenters. The largest absolute Gasteiger partial charge is 0.310 e. The summed E-state index contributed by atoms with van der Waals surface area (Å²) in [4.78, 5) is 0. The Morgan fingerprint density at radius 2 is 1.85 bits per heavy atom. The zero-order valence-electron chi connectivity index (χ0n) is 9.01. The Bertz CT molecular complexity index is 228. The molecule has 74 valence electrons. The van der Waals surface area contributed by atoms with Crippen molar-refractivity contribution < 1.29 is 0 Å². The summed E-state index contributed by atoms with van der Waals surface area (Å²) in [6, 6.07) is 1.81. The van der Waals surface area contributed by atoms with Crippen molar-refractivity contribution in [2.75, 3.05) is 0 Å². The lowest BCUT2D eigenvalue weighted by atomic mass is 9.77. The van der Waals surface area contributed by atoms with E-state index in [0.29, 0.717) is 5.41 Å². The average Bonchev–Trinajstić information content (AvgIpc) is 2.52. The lowest BCUT2D eigenvalue weighted by Crippen LogP contribution is -2.39. The molecule has 1 nitrogen and oxygen atoms in total. The Kier molecular flexibility index (Phi) is 1.47. The highest BCUT2D eigenvalue weighted by Gasteiger charge is 2.58. The Hall–Kier alpha value is -0.0400. The highest BCUT2D eigenvalue weighted by Crippen LogP contribution is 2.56. The fourth-order valence-corrected chi connectivity index (χ4v) is 3.85. The van der Waals surface area contributed by atoms with E-state index >= 15 is 0 Å². The van der Waals surface area contributed by atoms with Crippen LogP contribution in [-0.4, -0.2) is 12.1 Å². The molecule has 13 heavy (non-hydrogen) atoms. The zero-order chi connectivity index (χ0) is 9.22. The van der Waals surface area contributed by atoms with Crippen LogP contribution in [0, 0.1) is 23.2 Å². The van der Waals surface area contributed by atoms with E-state index in [2.05, 4.69) is 26.1 Å². The molecule has 0 amide bonds. The third-order valence-corrected chi connectivity index (χ3v) is 4.61. The number of nitrogens with one attached hydrogen (secondary N) is 1. The molecular weight excluding hydrogens is 158 g/mol. The van der Waals surface area contributed by atoms with Gasteiger partial charge in [-0.1, -0.05) is 20.8 Å². The number of hydrogen-bond acceptors (Lipinski definition) is 1. The lowest BCUT2D eigenvalue weighted by molar-refractivity contribution is 0.197. The molecule has 0 bridgehead atoms. The minimum Gasteiger partial charge on any atom is -0.310 e. The van der Waals surface area contributed by atoms with E-state index in [-0.39, 0.29) is 0 Å². The number of hydrogen-bond donors (Lipinski definition) is 1. The minimum atomic E-state index is 0.517. The summed E-state index contributed by atoms with van der Waals surface area (Å²) in [6.07, 6.45) is 4.45. The monoisotopic (exact) mass is 179 g/mol. The molecule has 3 fully saturated rings. The van der Waals surface area contributed by atoms with E-state index in [1.165, 1.54) is 19.3 Å². The van der Waals surface area contributed by atoms with Gasteiger partial charge in [-0.25, -0.2) is 0 Å². The standard InChI is InChI=1S/C12H21N/c1-12(2,3)9-5-4-7-8-6-10(8)13-11(7)9/h7-11,13H,4-6H2,1-3H3. The van der Waals surface area contributed by atoms with Crippen LogP contribution in [0.25, 0.3) is 0 Å². The molecule has 3 aliphatic rings. The van der Waals surface area contributed by atoms with Crippen molar-refractivity contribution >= 4 is 0 Å². The molecule has 0 aromatic carbocycles. The van der Waals surface area contributed by atoms with Crippen LogP contribution in [-0.2, 0) is 0 Å². The van der Waals surface area contributed by atoms with Crippen LogP contribution in [0.3, 0.4) is 0 Å². The topological polar surface area (TPSA) is 12.0 Å². The van der Waals surface area contributed by atoms with Gasteiger partial charge < -0.3 is 5.32 Å². The molecule has 1 heteroatoms. The van der Waals surface area contributed by atoms with Crippen LogP contribution in [0.1, 0.15) is 40.0 Å². The van der Waals surface area contributed by atoms with Crippen molar-refractivity contribution in [3.05, 3.63) is 0 Å². The summed E-state index contributed by atoms with van der Waals surface area (Å²) in [5, 5.41) is 3.85. The van der Waals surface area contributed by atoms with Gasteiger partial charge in [0.2, 0.25) is 0 Å². The molecule has 2 aliphatic carbocycles. The predicted molar refractivity (Wildman–Crippen MR) is 54.5 cm³/mol. The van der Waals surface area contributed by atoms with E-state index in [0.717, 1.165) is 29.8 Å². The highest BCUT2D eigenvalue weighted by atomic mass is 15.1. The van der Waals surface area contributed by atoms with E-state index in [1.54, 1.807) is 0 Å². The fourth-order valence-electron chi connectivity index (χ4n) is 3.85. The van der Waals surface area contributed by atoms with Crippen molar-refractivity contribution in [2.45, 2.75) is 52.1 Å². The normalized spacial score (nSPS) is 53.3. The van der Waals surface area contributed by atoms with Crippen LogP contribution in [0.2, 0.25) is 0 Å². The molecule has 3 rings (SSSR count). The van der Waals surface area contributed by atoms with Crippen molar-refractivity contribution in [1.82, 2.24) is 5.32 Å². The first-order valence-corrected chi connectivity index (χ1v) is 5.83. The Labute approximate surface area is 81.3 Å². The van der Waals surface area contributed by atoms with Gasteiger partial charge in [-0.05, 0) is 42.4 Å². The number of rotatable bonds is 0. The van der Waals surface area contributed by atoms with Crippen molar-refractivity contribution in [2.24, 2.45) is 23.2 Å². The highest BCUT2D eigenvalue weighted by molar-refractivity contribution is 5.14. The maximum absolute atomic E-state index is 3.85. The van der Waals surface area contributed by atoms with Crippen molar-refractivity contribution in [1.29, 1.82) is 0 Å². The summed E-state index contributed by atoms with van der Waals surface area (Å²) in [7, 11) is 0. The first kappa shape index (κ1) is 8.28. The van der Waals surface area contributed by atoms with Crippen LogP contribution in [0.15, 0.2) is 0 Å². The molecule has 1 aliphatic heterocycles. The summed E-state index contributed by atoms with van der Waals surface area (Å²) in [6.45, 7) is 7.23. The SMILES string of the molecule is CC(C)(C)C1CCC2C3CC3NC21. The molecule has 0 aromatic rings. The first-order valence-electron chi connectivity index (χ1n) is 5.83. The van der Waals surface area contributed by atoms with Gasteiger partial charge in [0.15, 0.2) is 0 Å². The van der Waals surface area contributed by atoms with Crippen LogP contribution in [0.4, 0.5) is 0 Å². The zero-order valence-corrected chi connectivity index (χ0v) is 9.01. The maximum atomic E-state index is 3.85. The van der Waals surface area contributed by atoms with E-state index in [4.69, 9.17) is 0 Å². The quantitative estimate of drug-likeness (QED) is 0.602. The molecule has 1 N–H and O–H groups in total. The summed E-state index contributed by atoms with van der Waals surface area (Å²) in [5.41, 5.74) is 0.517. The minimum absolute atomic E-state index is 0.517. The number of piperidine rings is 1. The van der Waals surface area contributed by atoms with Gasteiger partial charge in [-0.3, -0.25) is 0 Å². The lowest BCUT2D eigenvalue weighted by Gasteiger charge is -2.33. The number of fused-ring (bicyclic) bond motifs is 3. The summed E-state index contributed by atoms with van der Waals surface area (Å²) >= 11 is 0. The van der Waals surface area contributed by atoms with Gasteiger partial charge in [0.1, 0.15) is 0 Å². The predicted octanol–water partition coefficient (Wildman–Crippen LogP) is 2.42. The second-order valence-electron chi connectivity index (χ2n) is 6.41. The molecule has 0 aromatic heterocycles. The second-order valence-corrected chi connectivity index (χ2v) is 6.41. The van der Waals surface area contributed by atoms with Gasteiger partial charge in [-0.15, -0.1) is 0 Å². The molecule has 2 saturated carbocycles. The van der Waals surface area contributed by atoms with Gasteiger partial charge in [0.25, 0.3) is 0 Å². The molecular formula is C12H21N. The van der Waals surface area contributed by atoms with Gasteiger partial charge in [-0.2, -0.15) is 0 Å². The molecule has 1 heterocycles. The summed E-state index contributed by atoms with van der Waals surface area (Å²) in [5.74, 6) is 3.07. The van der Waals surface area contributed by atoms with E-state index < -0.39 is 0 Å². The Morgan fingerprint density at radius 1 is 1.08 bits per heavy atom. The third kappa shape index (κ3) is 1.09. The average molecular weight is 179 g/mol. The molecule has 0 spiro atoms. The van der Waals surface area contributed by atoms with E-state index in [1.807, 2.05) is 0 Å². The van der Waals surface area contributed by atoms with Crippen LogP contribution >= 0.6 is 0 Å². The van der Waals surface area contributed by atoms with Crippen LogP contribution < -0.4 is 5.32 Å². The first-order chi connectivity index (χ1) is 6.07. The third-order valence-electron chi connectivity index (χ3n) is 4.61. The second kappa shape index (κ2) is 2.31. The molecule has 0 radical (unpaired) electrons. The van der Waals surface area contributed by atoms with Gasteiger partial charge in [0.05, 0.1) is 0 Å². The van der Waals surface area contributed by atoms with Gasteiger partial charge in [0, 0.05) is 12.1 Å². The molecule has 1 saturated heterocycles. The Morgan fingerprint density at radius 3 is 2.54 bits per heavy atom. The maximum Gasteiger partial charge on any atom is 0.0134 e. The van der Waals surface area contributed by atoms with Crippen LogP contribution in [0.5, 0.6) is 0 Å². The van der Waals surface area contributed by atoms with Crippen molar-refractivity contribution in [3.63, 3.8) is 0 Å². The Balaban J connectivity index is 1.80. The fraction of sp³-hybridized carbons (Fsp3) is 1.00. The summed E-state index contributed by atoms with van der Waals surface area (Å²) < 4.78 is 0. The van der Waals surface area contributed by atoms with E-state index in [9.17, 15) is 0 Å². The molecule has 5 atom stereocenters.